The Hall–Kier alpha value is -8.50. The molecule has 0 aliphatic rings. The number of furan rings is 1. The maximum atomic E-state index is 6.40. The summed E-state index contributed by atoms with van der Waals surface area (Å²) in [5, 5.41) is 9.98. The predicted molar refractivity (Wildman–Crippen MR) is 286 cm³/mol. The molecule has 1 heterocycles. The number of nitrogens with zero attached hydrogens (tertiary/aromatic N) is 1. The van der Waals surface area contributed by atoms with E-state index in [0.29, 0.717) is 0 Å². The first-order valence-electron chi connectivity index (χ1n) is 23.0. The first kappa shape index (κ1) is 40.0. The van der Waals surface area contributed by atoms with Crippen molar-refractivity contribution in [3.8, 4) is 33.4 Å². The van der Waals surface area contributed by atoms with Crippen molar-refractivity contribution in [2.75, 3.05) is 4.90 Å². The van der Waals surface area contributed by atoms with Crippen molar-refractivity contribution in [2.24, 2.45) is 0 Å². The Bertz CT molecular complexity index is 3580. The Balaban J connectivity index is 1.15. The molecule has 0 N–H and O–H groups in total. The maximum absolute atomic E-state index is 6.40. The average Bonchev–Trinajstić information content (AvgIpc) is 3.79. The number of fused-ring (bicyclic) bond motifs is 4. The molecule has 0 atom stereocenters. The Morgan fingerprint density at radius 2 is 0.791 bits per heavy atom. The van der Waals surface area contributed by atoms with E-state index in [4.69, 9.17) is 4.42 Å². The van der Waals surface area contributed by atoms with Gasteiger partial charge in [0.15, 0.2) is 8.07 Å². The first-order chi connectivity index (χ1) is 33.3. The Morgan fingerprint density at radius 3 is 1.49 bits per heavy atom. The summed E-state index contributed by atoms with van der Waals surface area (Å²) in [6.07, 6.45) is 0. The molecule has 0 saturated heterocycles. The number of hydrogen-bond donors (Lipinski definition) is 0. The highest BCUT2D eigenvalue weighted by molar-refractivity contribution is 7.19. The van der Waals surface area contributed by atoms with Gasteiger partial charge in [0, 0.05) is 27.6 Å². The average molecular weight is 872 g/mol. The Labute approximate surface area is 392 Å². The number of hydrogen-bond acceptors (Lipinski definition) is 2. The number of benzene rings is 11. The molecule has 0 spiro atoms. The van der Waals surface area contributed by atoms with Crippen molar-refractivity contribution in [3.05, 3.63) is 273 Å². The Kier molecular flexibility index (Phi) is 10.2. The highest BCUT2D eigenvalue weighted by atomic mass is 28.3. The molecule has 2 nitrogen and oxygen atoms in total. The predicted octanol–water partition coefficient (Wildman–Crippen LogP) is 14.6. The largest absolute Gasteiger partial charge is 0.456 e. The lowest BCUT2D eigenvalue weighted by Gasteiger charge is -2.35. The standard InChI is InChI=1S/C64H45NOSi/c1-5-21-47(22-6-1)55-34-20-37-61(64(55)48-39-44-63-59(45-48)58-33-16-18-38-62(58)66-63)65(60-36-17-15-32-57(60)56-35-19-24-46-23-13-14-31-54(46)56)49-40-42-53(43-41-49)67(50-25-7-2-8-26-50,51-27-9-3-10-28-51)52-29-11-4-12-30-52/h1-45H. The molecule has 67 heavy (non-hydrogen) atoms. The SMILES string of the molecule is c1ccc(-c2cccc(N(c3ccc([Si](c4ccccc4)(c4ccccc4)c4ccccc4)cc3)c3ccccc3-c3cccc4ccccc34)c2-c2ccc3oc4ccccc4c3c2)cc1. The molecule has 0 saturated carbocycles. The zero-order valence-corrected chi connectivity index (χ0v) is 37.8. The fraction of sp³-hybridized carbons (Fsp3) is 0. The molecule has 12 aromatic rings. The molecule has 0 bridgehead atoms. The lowest BCUT2D eigenvalue weighted by Crippen LogP contribution is -2.74. The van der Waals surface area contributed by atoms with E-state index in [1.807, 2.05) is 6.07 Å². The summed E-state index contributed by atoms with van der Waals surface area (Å²) in [7, 11) is -2.80. The van der Waals surface area contributed by atoms with Gasteiger partial charge in [-0.25, -0.2) is 0 Å². The van der Waals surface area contributed by atoms with Crippen LogP contribution < -0.4 is 25.6 Å². The van der Waals surface area contributed by atoms with E-state index in [-0.39, 0.29) is 0 Å². The molecule has 0 aliphatic heterocycles. The summed E-state index contributed by atoms with van der Waals surface area (Å²) in [6, 6.07) is 99.9. The summed E-state index contributed by atoms with van der Waals surface area (Å²) in [5.41, 5.74) is 11.9. The second-order valence-electron chi connectivity index (χ2n) is 17.1. The van der Waals surface area contributed by atoms with Crippen molar-refractivity contribution in [1.82, 2.24) is 0 Å². The van der Waals surface area contributed by atoms with Crippen LogP contribution in [-0.2, 0) is 0 Å². The smallest absolute Gasteiger partial charge is 0.179 e. The van der Waals surface area contributed by atoms with Crippen molar-refractivity contribution < 1.29 is 4.42 Å². The van der Waals surface area contributed by atoms with Crippen LogP contribution in [0.1, 0.15) is 0 Å². The fourth-order valence-electron chi connectivity index (χ4n) is 10.5. The van der Waals surface area contributed by atoms with E-state index >= 15 is 0 Å². The highest BCUT2D eigenvalue weighted by Crippen LogP contribution is 2.49. The quantitative estimate of drug-likeness (QED) is 0.101. The summed E-state index contributed by atoms with van der Waals surface area (Å²) < 4.78 is 6.40. The van der Waals surface area contributed by atoms with Gasteiger partial charge in [0.1, 0.15) is 11.2 Å². The van der Waals surface area contributed by atoms with Gasteiger partial charge in [-0.15, -0.1) is 0 Å². The van der Waals surface area contributed by atoms with E-state index in [1.165, 1.54) is 37.1 Å². The van der Waals surface area contributed by atoms with Crippen molar-refractivity contribution >= 4 is 78.6 Å². The summed E-state index contributed by atoms with van der Waals surface area (Å²) in [6.45, 7) is 0. The molecule has 0 amide bonds. The summed E-state index contributed by atoms with van der Waals surface area (Å²) in [4.78, 5) is 2.50. The van der Waals surface area contributed by atoms with Crippen LogP contribution in [0.2, 0.25) is 0 Å². The molecule has 0 aliphatic carbocycles. The number of para-hydroxylation sites is 2. The van der Waals surface area contributed by atoms with Crippen LogP contribution in [0.5, 0.6) is 0 Å². The Morgan fingerprint density at radius 1 is 0.299 bits per heavy atom. The molecule has 11 aromatic carbocycles. The molecular formula is C64H45NOSi. The second-order valence-corrected chi connectivity index (χ2v) is 21.0. The van der Waals surface area contributed by atoms with Gasteiger partial charge in [-0.3, -0.25) is 0 Å². The number of rotatable bonds is 10. The van der Waals surface area contributed by atoms with Crippen LogP contribution in [0, 0.1) is 0 Å². The van der Waals surface area contributed by atoms with Crippen molar-refractivity contribution in [2.45, 2.75) is 0 Å². The van der Waals surface area contributed by atoms with Crippen LogP contribution in [0.3, 0.4) is 0 Å². The third-order valence-electron chi connectivity index (χ3n) is 13.4. The van der Waals surface area contributed by atoms with E-state index in [2.05, 4.69) is 272 Å². The van der Waals surface area contributed by atoms with Crippen LogP contribution in [0.25, 0.3) is 66.1 Å². The molecular weight excluding hydrogens is 827 g/mol. The van der Waals surface area contributed by atoms with Crippen molar-refractivity contribution in [1.29, 1.82) is 0 Å². The molecule has 12 rings (SSSR count). The first-order valence-corrected chi connectivity index (χ1v) is 25.0. The van der Waals surface area contributed by atoms with E-state index in [1.54, 1.807) is 0 Å². The van der Waals surface area contributed by atoms with Gasteiger partial charge >= 0.3 is 0 Å². The maximum Gasteiger partial charge on any atom is 0.179 e. The second kappa shape index (κ2) is 17.1. The molecule has 0 fully saturated rings. The van der Waals surface area contributed by atoms with Gasteiger partial charge in [0.2, 0.25) is 0 Å². The third kappa shape index (κ3) is 6.96. The minimum absolute atomic E-state index is 0.875. The lowest BCUT2D eigenvalue weighted by molar-refractivity contribution is 0.669. The summed E-state index contributed by atoms with van der Waals surface area (Å²) in [5.74, 6) is 0. The fourth-order valence-corrected chi connectivity index (χ4v) is 15.2. The monoisotopic (exact) mass is 871 g/mol. The van der Waals surface area contributed by atoms with Crippen LogP contribution in [0.15, 0.2) is 277 Å². The van der Waals surface area contributed by atoms with Gasteiger partial charge in [-0.2, -0.15) is 0 Å². The minimum Gasteiger partial charge on any atom is -0.456 e. The van der Waals surface area contributed by atoms with Gasteiger partial charge in [-0.05, 0) is 96.2 Å². The van der Waals surface area contributed by atoms with Crippen LogP contribution in [0.4, 0.5) is 17.1 Å². The zero-order valence-electron chi connectivity index (χ0n) is 36.8. The van der Waals surface area contributed by atoms with Gasteiger partial charge < -0.3 is 9.32 Å². The normalized spacial score (nSPS) is 11.6. The number of anilines is 3. The van der Waals surface area contributed by atoms with Gasteiger partial charge in [0.05, 0.1) is 11.4 Å². The zero-order chi connectivity index (χ0) is 44.6. The molecule has 0 unspecified atom stereocenters. The van der Waals surface area contributed by atoms with Crippen molar-refractivity contribution in [3.63, 3.8) is 0 Å². The molecule has 316 valence electrons. The topological polar surface area (TPSA) is 16.4 Å². The molecule has 1 aromatic heterocycles. The van der Waals surface area contributed by atoms with Gasteiger partial charge in [0.25, 0.3) is 0 Å². The molecule has 0 radical (unpaired) electrons. The van der Waals surface area contributed by atoms with E-state index < -0.39 is 8.07 Å². The van der Waals surface area contributed by atoms with Crippen LogP contribution >= 0.6 is 0 Å². The lowest BCUT2D eigenvalue weighted by atomic mass is 9.90. The van der Waals surface area contributed by atoms with E-state index in [0.717, 1.165) is 66.8 Å². The summed E-state index contributed by atoms with van der Waals surface area (Å²) >= 11 is 0. The molecule has 3 heteroatoms. The minimum atomic E-state index is -2.80. The highest BCUT2D eigenvalue weighted by Gasteiger charge is 2.41. The van der Waals surface area contributed by atoms with E-state index in [9.17, 15) is 0 Å². The third-order valence-corrected chi connectivity index (χ3v) is 18.2. The van der Waals surface area contributed by atoms with Crippen LogP contribution in [-0.4, -0.2) is 8.07 Å². The van der Waals surface area contributed by atoms with Gasteiger partial charge in [-0.1, -0.05) is 231 Å².